The van der Waals surface area contributed by atoms with Crippen LogP contribution in [-0.2, 0) is 18.0 Å². The lowest BCUT2D eigenvalue weighted by molar-refractivity contribution is 0.0210. The smallest absolute Gasteiger partial charge is 0.340 e. The second kappa shape index (κ2) is 7.88. The fourth-order valence-corrected chi connectivity index (χ4v) is 2.13. The minimum atomic E-state index is -0.435. The monoisotopic (exact) mass is 340 g/mol. The fourth-order valence-electron chi connectivity index (χ4n) is 2.13. The lowest BCUT2D eigenvalue weighted by atomic mass is 10.1. The number of aromatic amines is 2. The van der Waals surface area contributed by atoms with Gasteiger partial charge in [0.1, 0.15) is 6.61 Å². The molecule has 4 N–H and O–H groups in total. The largest absolute Gasteiger partial charge is 0.380 e. The van der Waals surface area contributed by atoms with E-state index in [4.69, 9.17) is 4.84 Å². The van der Waals surface area contributed by atoms with E-state index in [1.54, 1.807) is 30.6 Å². The number of nitrogens with zero attached hydrogens (tertiary/aromatic N) is 2. The second-order valence-electron chi connectivity index (χ2n) is 5.10. The molecule has 0 bridgehead atoms. The predicted octanol–water partition coefficient (Wildman–Crippen LogP) is 0.967. The van der Waals surface area contributed by atoms with Gasteiger partial charge in [-0.05, 0) is 29.8 Å². The van der Waals surface area contributed by atoms with Crippen molar-refractivity contribution in [1.29, 1.82) is 0 Å². The SMILES string of the molecule is O=C(NOCc1n[nH]c(=O)[nH]1)c1ccccc1NCc1ccncc1. The molecule has 9 nitrogen and oxygen atoms in total. The van der Waals surface area contributed by atoms with Gasteiger partial charge in [-0.2, -0.15) is 5.10 Å². The number of hydroxylamine groups is 1. The summed E-state index contributed by atoms with van der Waals surface area (Å²) in [5, 5.41) is 9.10. The van der Waals surface area contributed by atoms with Crippen molar-refractivity contribution in [3.05, 3.63) is 76.2 Å². The Kier molecular flexibility index (Phi) is 5.17. The first-order valence-electron chi connectivity index (χ1n) is 7.50. The van der Waals surface area contributed by atoms with Crippen LogP contribution in [0.15, 0.2) is 53.6 Å². The molecule has 3 aromatic rings. The van der Waals surface area contributed by atoms with Crippen molar-refractivity contribution in [2.45, 2.75) is 13.2 Å². The van der Waals surface area contributed by atoms with E-state index in [1.807, 2.05) is 18.2 Å². The van der Waals surface area contributed by atoms with Gasteiger partial charge in [0.2, 0.25) is 0 Å². The Morgan fingerprint density at radius 2 is 1.96 bits per heavy atom. The number of aromatic nitrogens is 4. The van der Waals surface area contributed by atoms with Crippen molar-refractivity contribution in [2.24, 2.45) is 0 Å². The third-order valence-electron chi connectivity index (χ3n) is 3.33. The summed E-state index contributed by atoms with van der Waals surface area (Å²) in [6.07, 6.45) is 3.42. The molecule has 0 aliphatic rings. The molecule has 0 radical (unpaired) electrons. The zero-order valence-electron chi connectivity index (χ0n) is 13.2. The number of para-hydroxylation sites is 1. The maximum atomic E-state index is 12.3. The minimum Gasteiger partial charge on any atom is -0.380 e. The molecular formula is C16H16N6O3. The lowest BCUT2D eigenvalue weighted by Gasteiger charge is -2.12. The number of hydrogen-bond donors (Lipinski definition) is 4. The topological polar surface area (TPSA) is 125 Å². The van der Waals surface area contributed by atoms with Gasteiger partial charge in [-0.25, -0.2) is 15.4 Å². The number of hydrogen-bond acceptors (Lipinski definition) is 6. The zero-order valence-corrected chi connectivity index (χ0v) is 13.2. The quantitative estimate of drug-likeness (QED) is 0.475. The molecule has 0 aliphatic heterocycles. The van der Waals surface area contributed by atoms with Crippen LogP contribution in [0.1, 0.15) is 21.7 Å². The Labute approximate surface area is 142 Å². The molecule has 1 amide bonds. The number of rotatable bonds is 7. The number of pyridine rings is 1. The van der Waals surface area contributed by atoms with E-state index in [9.17, 15) is 9.59 Å². The van der Waals surface area contributed by atoms with E-state index in [0.29, 0.717) is 17.8 Å². The Hall–Kier alpha value is -3.46. The van der Waals surface area contributed by atoms with Crippen LogP contribution in [-0.4, -0.2) is 26.1 Å². The summed E-state index contributed by atoms with van der Waals surface area (Å²) in [6.45, 7) is 0.499. The average molecular weight is 340 g/mol. The molecule has 9 heteroatoms. The summed E-state index contributed by atoms with van der Waals surface area (Å²) in [4.78, 5) is 34.7. The highest BCUT2D eigenvalue weighted by atomic mass is 16.7. The molecule has 0 saturated heterocycles. The lowest BCUT2D eigenvalue weighted by Crippen LogP contribution is -2.25. The van der Waals surface area contributed by atoms with Crippen molar-refractivity contribution in [3.63, 3.8) is 0 Å². The minimum absolute atomic E-state index is 0.0584. The molecular weight excluding hydrogens is 324 g/mol. The highest BCUT2D eigenvalue weighted by molar-refractivity contribution is 5.98. The fraction of sp³-hybridized carbons (Fsp3) is 0.125. The number of carbonyl (C=O) groups is 1. The first kappa shape index (κ1) is 16.4. The molecule has 0 fully saturated rings. The highest BCUT2D eigenvalue weighted by Crippen LogP contribution is 2.16. The van der Waals surface area contributed by atoms with Crippen LogP contribution in [0.3, 0.4) is 0 Å². The Balaban J connectivity index is 1.59. The molecule has 0 saturated carbocycles. The number of anilines is 1. The zero-order chi connectivity index (χ0) is 17.5. The number of nitrogens with one attached hydrogen (secondary N) is 4. The summed E-state index contributed by atoms with van der Waals surface area (Å²) >= 11 is 0. The Morgan fingerprint density at radius 3 is 2.72 bits per heavy atom. The van der Waals surface area contributed by atoms with Gasteiger partial charge in [0.05, 0.1) is 5.56 Å². The Bertz CT molecular complexity index is 890. The van der Waals surface area contributed by atoms with Gasteiger partial charge in [-0.3, -0.25) is 19.6 Å². The van der Waals surface area contributed by atoms with Crippen molar-refractivity contribution < 1.29 is 9.63 Å². The van der Waals surface area contributed by atoms with Gasteiger partial charge in [-0.15, -0.1) is 0 Å². The van der Waals surface area contributed by atoms with Crippen LogP contribution >= 0.6 is 0 Å². The molecule has 128 valence electrons. The average Bonchev–Trinajstić information content (AvgIpc) is 3.06. The van der Waals surface area contributed by atoms with E-state index in [0.717, 1.165) is 5.56 Å². The van der Waals surface area contributed by atoms with Gasteiger partial charge >= 0.3 is 5.69 Å². The molecule has 0 unspecified atom stereocenters. The summed E-state index contributed by atoms with van der Waals surface area (Å²) in [7, 11) is 0. The van der Waals surface area contributed by atoms with Gasteiger partial charge in [-0.1, -0.05) is 12.1 Å². The maximum Gasteiger partial charge on any atom is 0.340 e. The summed E-state index contributed by atoms with van der Waals surface area (Å²) < 4.78 is 0. The summed E-state index contributed by atoms with van der Waals surface area (Å²) in [6, 6.07) is 10.9. The van der Waals surface area contributed by atoms with E-state index in [2.05, 4.69) is 31.0 Å². The van der Waals surface area contributed by atoms with Crippen LogP contribution in [0.25, 0.3) is 0 Å². The van der Waals surface area contributed by atoms with Crippen LogP contribution in [0.2, 0.25) is 0 Å². The molecule has 25 heavy (non-hydrogen) atoms. The summed E-state index contributed by atoms with van der Waals surface area (Å²) in [5.74, 6) is -0.120. The normalized spacial score (nSPS) is 10.4. The number of amides is 1. The number of carbonyl (C=O) groups excluding carboxylic acids is 1. The van der Waals surface area contributed by atoms with E-state index < -0.39 is 11.6 Å². The number of benzene rings is 1. The van der Waals surface area contributed by atoms with Crippen LogP contribution in [0, 0.1) is 0 Å². The van der Waals surface area contributed by atoms with Crippen LogP contribution in [0.5, 0.6) is 0 Å². The van der Waals surface area contributed by atoms with E-state index >= 15 is 0 Å². The third kappa shape index (κ3) is 4.52. The standard InChI is InChI=1S/C16H16N6O3/c23-15(22-25-10-14-19-16(24)21-20-14)12-3-1-2-4-13(12)18-9-11-5-7-17-8-6-11/h1-8,18H,9-10H2,(H,22,23)(H2,19,20,21,24). The Morgan fingerprint density at radius 1 is 1.16 bits per heavy atom. The van der Waals surface area contributed by atoms with Crippen molar-refractivity contribution in [3.8, 4) is 0 Å². The van der Waals surface area contributed by atoms with Gasteiger partial charge < -0.3 is 5.32 Å². The maximum absolute atomic E-state index is 12.3. The molecule has 0 spiro atoms. The predicted molar refractivity (Wildman–Crippen MR) is 89.5 cm³/mol. The molecule has 2 heterocycles. The summed E-state index contributed by atoms with van der Waals surface area (Å²) in [5.41, 5.74) is 4.05. The first-order chi connectivity index (χ1) is 12.2. The molecule has 3 rings (SSSR count). The molecule has 2 aromatic heterocycles. The van der Waals surface area contributed by atoms with E-state index in [-0.39, 0.29) is 12.4 Å². The highest BCUT2D eigenvalue weighted by Gasteiger charge is 2.11. The van der Waals surface area contributed by atoms with Crippen LogP contribution in [0.4, 0.5) is 5.69 Å². The van der Waals surface area contributed by atoms with Crippen molar-refractivity contribution in [1.82, 2.24) is 25.6 Å². The molecule has 0 aliphatic carbocycles. The van der Waals surface area contributed by atoms with Crippen LogP contribution < -0.4 is 16.5 Å². The molecule has 1 aromatic carbocycles. The van der Waals surface area contributed by atoms with Gasteiger partial charge in [0, 0.05) is 24.6 Å². The van der Waals surface area contributed by atoms with Crippen molar-refractivity contribution in [2.75, 3.05) is 5.32 Å². The van der Waals surface area contributed by atoms with E-state index in [1.165, 1.54) is 0 Å². The van der Waals surface area contributed by atoms with Crippen molar-refractivity contribution >= 4 is 11.6 Å². The van der Waals surface area contributed by atoms with Gasteiger partial charge in [0.15, 0.2) is 5.82 Å². The first-order valence-corrected chi connectivity index (χ1v) is 7.50. The van der Waals surface area contributed by atoms with Gasteiger partial charge in [0.25, 0.3) is 5.91 Å². The third-order valence-corrected chi connectivity index (χ3v) is 3.33. The second-order valence-corrected chi connectivity index (χ2v) is 5.10. The molecule has 0 atom stereocenters. The number of H-pyrrole nitrogens is 2.